The van der Waals surface area contributed by atoms with Gasteiger partial charge in [-0.15, -0.1) is 0 Å². The minimum atomic E-state index is 0.578. The lowest BCUT2D eigenvalue weighted by Gasteiger charge is -2.17. The van der Waals surface area contributed by atoms with Crippen molar-refractivity contribution in [1.29, 1.82) is 0 Å². The molecule has 0 saturated carbocycles. The Balaban J connectivity index is 1.99. The third-order valence-corrected chi connectivity index (χ3v) is 4.74. The molecule has 0 radical (unpaired) electrons. The molecular weight excluding hydrogens is 342 g/mol. The van der Waals surface area contributed by atoms with E-state index < -0.39 is 0 Å². The number of nitrogens with zero attached hydrogens (tertiary/aromatic N) is 1. The van der Waals surface area contributed by atoms with Gasteiger partial charge in [0.05, 0.1) is 0 Å². The fourth-order valence-electron chi connectivity index (χ4n) is 3.33. The highest BCUT2D eigenvalue weighted by Crippen LogP contribution is 2.31. The maximum Gasteiger partial charge on any atom is 0.141 e. The fourth-order valence-corrected chi connectivity index (χ4v) is 3.33. The molecule has 144 valence electrons. The highest BCUT2D eigenvalue weighted by Gasteiger charge is 2.12. The minimum absolute atomic E-state index is 0.578. The summed E-state index contributed by atoms with van der Waals surface area (Å²) in [5, 5.41) is 0. The first-order chi connectivity index (χ1) is 13.7. The average Bonchev–Trinajstić information content (AvgIpc) is 2.74. The second-order valence-electron chi connectivity index (χ2n) is 7.24. The Morgan fingerprint density at radius 1 is 0.750 bits per heavy atom. The van der Waals surface area contributed by atoms with Crippen molar-refractivity contribution in [2.24, 2.45) is 0 Å². The summed E-state index contributed by atoms with van der Waals surface area (Å²) in [4.78, 5) is 2.01. The zero-order chi connectivity index (χ0) is 19.8. The van der Waals surface area contributed by atoms with E-state index in [4.69, 9.17) is 4.74 Å². The van der Waals surface area contributed by atoms with Crippen LogP contribution in [0, 0.1) is 0 Å². The number of hydrogen-bond acceptors (Lipinski definition) is 2. The van der Waals surface area contributed by atoms with E-state index in [-0.39, 0.29) is 0 Å². The molecule has 0 aromatic heterocycles. The fraction of sp³-hybridized carbons (Fsp3) is 0.231. The highest BCUT2D eigenvalue weighted by atomic mass is 16.5. The largest absolute Gasteiger partial charge is 0.478 e. The molecule has 0 saturated heterocycles. The molecule has 0 aliphatic carbocycles. The van der Waals surface area contributed by atoms with Crippen LogP contribution in [0.3, 0.4) is 0 Å². The molecule has 0 aliphatic heterocycles. The van der Waals surface area contributed by atoms with E-state index in [1.807, 2.05) is 19.0 Å². The smallest absolute Gasteiger partial charge is 0.141 e. The maximum absolute atomic E-state index is 5.80. The Kier molecular flexibility index (Phi) is 7.05. The molecular formula is C26H29NO. The standard InChI is InChI=1S/C26H29NO/c1-4-22(19-21-11-7-5-8-12-21)26(23-13-9-6-10-14-23)24-15-17-25(18-16-24)28-20-27(2)3/h5-18H,4,19-20H2,1-3H3/b26-22-. The van der Waals surface area contributed by atoms with Crippen LogP contribution >= 0.6 is 0 Å². The lowest BCUT2D eigenvalue weighted by molar-refractivity contribution is 0.179. The van der Waals surface area contributed by atoms with Gasteiger partial charge in [0.25, 0.3) is 0 Å². The van der Waals surface area contributed by atoms with Gasteiger partial charge >= 0.3 is 0 Å². The Labute approximate surface area is 169 Å². The molecule has 0 heterocycles. The summed E-state index contributed by atoms with van der Waals surface area (Å²) in [6, 6.07) is 29.9. The van der Waals surface area contributed by atoms with E-state index in [0.29, 0.717) is 6.73 Å². The molecule has 0 amide bonds. The minimum Gasteiger partial charge on any atom is -0.478 e. The summed E-state index contributed by atoms with van der Waals surface area (Å²) >= 11 is 0. The van der Waals surface area contributed by atoms with Crippen LogP contribution < -0.4 is 4.74 Å². The van der Waals surface area contributed by atoms with E-state index in [1.54, 1.807) is 0 Å². The van der Waals surface area contributed by atoms with Crippen LogP contribution in [0.15, 0.2) is 90.5 Å². The summed E-state index contributed by atoms with van der Waals surface area (Å²) in [5.74, 6) is 0.894. The van der Waals surface area contributed by atoms with Gasteiger partial charge in [-0.3, -0.25) is 4.90 Å². The Hall–Kier alpha value is -2.84. The number of rotatable bonds is 8. The molecule has 0 unspecified atom stereocenters. The normalized spacial score (nSPS) is 12.0. The van der Waals surface area contributed by atoms with Crippen molar-refractivity contribution in [2.75, 3.05) is 20.8 Å². The lowest BCUT2D eigenvalue weighted by atomic mass is 9.88. The molecule has 0 fully saturated rings. The van der Waals surface area contributed by atoms with Gasteiger partial charge in [-0.25, -0.2) is 0 Å². The lowest BCUT2D eigenvalue weighted by Crippen LogP contribution is -2.18. The summed E-state index contributed by atoms with van der Waals surface area (Å²) in [7, 11) is 4.00. The van der Waals surface area contributed by atoms with Gasteiger partial charge in [-0.05, 0) is 61.3 Å². The molecule has 0 atom stereocenters. The zero-order valence-electron chi connectivity index (χ0n) is 17.1. The van der Waals surface area contributed by atoms with Crippen LogP contribution in [0.25, 0.3) is 5.57 Å². The van der Waals surface area contributed by atoms with Gasteiger partial charge < -0.3 is 4.74 Å². The number of ether oxygens (including phenoxy) is 1. The third-order valence-electron chi connectivity index (χ3n) is 4.74. The van der Waals surface area contributed by atoms with E-state index >= 15 is 0 Å². The van der Waals surface area contributed by atoms with Crippen LogP contribution in [-0.2, 0) is 6.42 Å². The first-order valence-corrected chi connectivity index (χ1v) is 9.86. The molecule has 28 heavy (non-hydrogen) atoms. The van der Waals surface area contributed by atoms with E-state index in [2.05, 4.69) is 91.9 Å². The summed E-state index contributed by atoms with van der Waals surface area (Å²) in [6.07, 6.45) is 1.97. The van der Waals surface area contributed by atoms with Crippen LogP contribution in [-0.4, -0.2) is 25.7 Å². The first kappa shape index (κ1) is 19.9. The van der Waals surface area contributed by atoms with Crippen molar-refractivity contribution in [3.05, 3.63) is 107 Å². The molecule has 2 nitrogen and oxygen atoms in total. The zero-order valence-corrected chi connectivity index (χ0v) is 17.1. The third kappa shape index (κ3) is 5.34. The second kappa shape index (κ2) is 9.91. The van der Waals surface area contributed by atoms with Gasteiger partial charge in [0.2, 0.25) is 0 Å². The Morgan fingerprint density at radius 2 is 1.32 bits per heavy atom. The van der Waals surface area contributed by atoms with Crippen LogP contribution in [0.5, 0.6) is 5.75 Å². The molecule has 3 aromatic carbocycles. The topological polar surface area (TPSA) is 12.5 Å². The SMILES string of the molecule is CC/C(Cc1ccccc1)=C(\c1ccccc1)c1ccc(OCN(C)C)cc1. The van der Waals surface area contributed by atoms with Crippen molar-refractivity contribution < 1.29 is 4.74 Å². The Bertz CT molecular complexity index is 881. The molecule has 3 aromatic rings. The van der Waals surface area contributed by atoms with Gasteiger partial charge in [-0.1, -0.05) is 85.3 Å². The van der Waals surface area contributed by atoms with E-state index in [0.717, 1.165) is 18.6 Å². The predicted molar refractivity (Wildman–Crippen MR) is 119 cm³/mol. The molecule has 3 rings (SSSR count). The van der Waals surface area contributed by atoms with Crippen molar-refractivity contribution in [3.63, 3.8) is 0 Å². The number of hydrogen-bond donors (Lipinski definition) is 0. The van der Waals surface area contributed by atoms with Gasteiger partial charge in [0.1, 0.15) is 12.5 Å². The molecule has 0 bridgehead atoms. The van der Waals surface area contributed by atoms with Crippen LogP contribution in [0.2, 0.25) is 0 Å². The quantitative estimate of drug-likeness (QED) is 0.448. The molecule has 2 heteroatoms. The van der Waals surface area contributed by atoms with Crippen molar-refractivity contribution >= 4 is 5.57 Å². The van der Waals surface area contributed by atoms with E-state index in [1.165, 1.54) is 27.8 Å². The molecule has 0 aliphatic rings. The predicted octanol–water partition coefficient (Wildman–Crippen LogP) is 6.04. The van der Waals surface area contributed by atoms with Gasteiger partial charge in [0.15, 0.2) is 0 Å². The van der Waals surface area contributed by atoms with E-state index in [9.17, 15) is 0 Å². The maximum atomic E-state index is 5.80. The summed E-state index contributed by atoms with van der Waals surface area (Å²) < 4.78 is 5.80. The monoisotopic (exact) mass is 371 g/mol. The van der Waals surface area contributed by atoms with Crippen molar-refractivity contribution in [2.45, 2.75) is 19.8 Å². The number of benzene rings is 3. The van der Waals surface area contributed by atoms with Gasteiger partial charge in [0, 0.05) is 0 Å². The van der Waals surface area contributed by atoms with Gasteiger partial charge in [-0.2, -0.15) is 0 Å². The van der Waals surface area contributed by atoms with Crippen LogP contribution in [0.1, 0.15) is 30.0 Å². The second-order valence-corrected chi connectivity index (χ2v) is 7.24. The van der Waals surface area contributed by atoms with Crippen molar-refractivity contribution in [3.8, 4) is 5.75 Å². The summed E-state index contributed by atoms with van der Waals surface area (Å²) in [6.45, 7) is 2.82. The summed E-state index contributed by atoms with van der Waals surface area (Å²) in [5.41, 5.74) is 6.61. The number of allylic oxidation sites excluding steroid dienone is 1. The van der Waals surface area contributed by atoms with Crippen molar-refractivity contribution in [1.82, 2.24) is 4.90 Å². The average molecular weight is 372 g/mol. The molecule has 0 spiro atoms. The first-order valence-electron chi connectivity index (χ1n) is 9.86. The van der Waals surface area contributed by atoms with Crippen LogP contribution in [0.4, 0.5) is 0 Å². The highest BCUT2D eigenvalue weighted by molar-refractivity contribution is 5.82. The Morgan fingerprint density at radius 3 is 1.89 bits per heavy atom. The molecule has 0 N–H and O–H groups in total.